The van der Waals surface area contributed by atoms with E-state index >= 15 is 0 Å². The predicted molar refractivity (Wildman–Crippen MR) is 86.4 cm³/mol. The highest BCUT2D eigenvalue weighted by atomic mass is 16.3. The molecule has 0 spiro atoms. The minimum atomic E-state index is 0.0925. The first-order valence-electron chi connectivity index (χ1n) is 7.30. The van der Waals surface area contributed by atoms with E-state index in [1.165, 1.54) is 0 Å². The van der Waals surface area contributed by atoms with Gasteiger partial charge in [0, 0.05) is 31.0 Å². The predicted octanol–water partition coefficient (Wildman–Crippen LogP) is 3.51. The molecule has 0 aliphatic rings. The van der Waals surface area contributed by atoms with E-state index in [0.717, 1.165) is 36.0 Å². The Bertz CT molecular complexity index is 584. The molecule has 4 heteroatoms. The maximum atomic E-state index is 5.63. The van der Waals surface area contributed by atoms with Crippen LogP contribution >= 0.6 is 0 Å². The van der Waals surface area contributed by atoms with Gasteiger partial charge < -0.3 is 14.6 Å². The summed E-state index contributed by atoms with van der Waals surface area (Å²) in [6.45, 7) is 9.95. The number of rotatable bonds is 5. The number of hydrogen-bond donors (Lipinski definition) is 1. The molecular weight excluding hydrogens is 262 g/mol. The summed E-state index contributed by atoms with van der Waals surface area (Å²) >= 11 is 0. The second-order valence-electron chi connectivity index (χ2n) is 6.48. The van der Waals surface area contributed by atoms with Gasteiger partial charge >= 0.3 is 0 Å². The topological polar surface area (TPSA) is 41.3 Å². The third-order valence-corrected chi connectivity index (χ3v) is 3.23. The van der Waals surface area contributed by atoms with Gasteiger partial charge in [0.05, 0.1) is 12.2 Å². The van der Waals surface area contributed by atoms with Crippen molar-refractivity contribution < 1.29 is 4.42 Å². The molecule has 0 aromatic carbocycles. The third-order valence-electron chi connectivity index (χ3n) is 3.23. The van der Waals surface area contributed by atoms with Crippen molar-refractivity contribution in [2.75, 3.05) is 11.9 Å². The van der Waals surface area contributed by atoms with E-state index in [9.17, 15) is 0 Å². The molecule has 2 aromatic heterocycles. The lowest BCUT2D eigenvalue weighted by molar-refractivity contribution is 0.421. The smallest absolute Gasteiger partial charge is 0.123 e. The van der Waals surface area contributed by atoms with Gasteiger partial charge in [-0.15, -0.1) is 0 Å². The average Bonchev–Trinajstić information content (AvgIpc) is 2.81. The molecule has 0 aliphatic heterocycles. The highest BCUT2D eigenvalue weighted by molar-refractivity contribution is 5.45. The number of nitrogens with zero attached hydrogens (tertiary/aromatic N) is 2. The lowest BCUT2D eigenvalue weighted by Gasteiger charge is -2.21. The Morgan fingerprint density at radius 2 is 2.00 bits per heavy atom. The van der Waals surface area contributed by atoms with Crippen LogP contribution in [0.1, 0.15) is 38.0 Å². The molecule has 2 heterocycles. The first kappa shape index (κ1) is 15.6. The minimum Gasteiger partial charge on any atom is -0.464 e. The van der Waals surface area contributed by atoms with E-state index in [4.69, 9.17) is 4.42 Å². The van der Waals surface area contributed by atoms with Crippen LogP contribution in [0.2, 0.25) is 0 Å². The molecule has 0 atom stereocenters. The van der Waals surface area contributed by atoms with Crippen LogP contribution in [0.4, 0.5) is 5.69 Å². The molecule has 0 fully saturated rings. The summed E-state index contributed by atoms with van der Waals surface area (Å²) in [7, 11) is 2.06. The van der Waals surface area contributed by atoms with Crippen LogP contribution < -0.4 is 10.2 Å². The molecule has 0 aliphatic carbocycles. The van der Waals surface area contributed by atoms with Crippen LogP contribution in [0, 0.1) is 6.92 Å². The normalized spacial score (nSPS) is 11.7. The van der Waals surface area contributed by atoms with Crippen molar-refractivity contribution in [3.63, 3.8) is 0 Å². The van der Waals surface area contributed by atoms with Crippen molar-refractivity contribution in [2.24, 2.45) is 0 Å². The van der Waals surface area contributed by atoms with Gasteiger partial charge in [0.25, 0.3) is 0 Å². The molecule has 0 radical (unpaired) electrons. The molecule has 2 aromatic rings. The van der Waals surface area contributed by atoms with Crippen LogP contribution in [0.25, 0.3) is 0 Å². The Kier molecular flexibility index (Phi) is 4.68. The fourth-order valence-electron chi connectivity index (χ4n) is 2.05. The van der Waals surface area contributed by atoms with Gasteiger partial charge in [-0.1, -0.05) is 0 Å². The molecule has 0 unspecified atom stereocenters. The van der Waals surface area contributed by atoms with Gasteiger partial charge in [-0.25, -0.2) is 0 Å². The van der Waals surface area contributed by atoms with E-state index < -0.39 is 0 Å². The Labute approximate surface area is 127 Å². The lowest BCUT2D eigenvalue weighted by Crippen LogP contribution is -2.35. The van der Waals surface area contributed by atoms with Crippen LogP contribution in [0.15, 0.2) is 34.9 Å². The molecule has 0 bridgehead atoms. The first-order valence-corrected chi connectivity index (χ1v) is 7.30. The van der Waals surface area contributed by atoms with Crippen LogP contribution in [-0.2, 0) is 13.1 Å². The van der Waals surface area contributed by atoms with Crippen molar-refractivity contribution >= 4 is 5.69 Å². The largest absolute Gasteiger partial charge is 0.464 e. The first-order chi connectivity index (χ1) is 9.83. The second-order valence-corrected chi connectivity index (χ2v) is 6.48. The number of hydrogen-bond acceptors (Lipinski definition) is 4. The maximum Gasteiger partial charge on any atom is 0.123 e. The Morgan fingerprint density at radius 3 is 2.62 bits per heavy atom. The fourth-order valence-corrected chi connectivity index (χ4v) is 2.05. The molecule has 1 N–H and O–H groups in total. The second kappa shape index (κ2) is 6.31. The van der Waals surface area contributed by atoms with E-state index in [1.54, 1.807) is 0 Å². The van der Waals surface area contributed by atoms with E-state index in [1.807, 2.05) is 31.3 Å². The quantitative estimate of drug-likeness (QED) is 0.913. The fraction of sp³-hybridized carbons (Fsp3) is 0.471. The van der Waals surface area contributed by atoms with Crippen molar-refractivity contribution in [1.82, 2.24) is 10.3 Å². The summed E-state index contributed by atoms with van der Waals surface area (Å²) in [5.74, 6) is 1.92. The molecule has 0 saturated heterocycles. The van der Waals surface area contributed by atoms with Gasteiger partial charge in [0.15, 0.2) is 0 Å². The summed E-state index contributed by atoms with van der Waals surface area (Å²) < 4.78 is 5.63. The zero-order chi connectivity index (χ0) is 15.5. The minimum absolute atomic E-state index is 0.0925. The van der Waals surface area contributed by atoms with Gasteiger partial charge in [-0.2, -0.15) is 0 Å². The van der Waals surface area contributed by atoms with Crippen LogP contribution in [0.3, 0.4) is 0 Å². The van der Waals surface area contributed by atoms with Crippen LogP contribution in [-0.4, -0.2) is 17.6 Å². The molecule has 0 amide bonds. The van der Waals surface area contributed by atoms with Gasteiger partial charge in [-0.05, 0) is 52.0 Å². The van der Waals surface area contributed by atoms with E-state index in [0.29, 0.717) is 0 Å². The number of pyridine rings is 1. The molecule has 2 rings (SSSR count). The Balaban J connectivity index is 2.02. The van der Waals surface area contributed by atoms with Crippen molar-refractivity contribution in [3.05, 3.63) is 47.7 Å². The van der Waals surface area contributed by atoms with Gasteiger partial charge in [-0.3, -0.25) is 4.98 Å². The summed E-state index contributed by atoms with van der Waals surface area (Å²) in [5.41, 5.74) is 2.28. The zero-order valence-corrected chi connectivity index (χ0v) is 13.6. The SMILES string of the molecule is Cc1ccc(CN(C)c2ccnc(CNC(C)(C)C)c2)o1. The number of furan rings is 1. The standard InChI is InChI=1S/C17H25N3O/c1-13-6-7-16(21-13)12-20(5)15-8-9-18-14(10-15)11-19-17(2,3)4/h6-10,19H,11-12H2,1-5H3. The van der Waals surface area contributed by atoms with E-state index in [2.05, 4.69) is 49.1 Å². The summed E-state index contributed by atoms with van der Waals surface area (Å²) in [4.78, 5) is 6.59. The van der Waals surface area contributed by atoms with Crippen LogP contribution in [0.5, 0.6) is 0 Å². The molecule has 4 nitrogen and oxygen atoms in total. The lowest BCUT2D eigenvalue weighted by atomic mass is 10.1. The molecular formula is C17H25N3O. The van der Waals surface area contributed by atoms with Crippen molar-refractivity contribution in [2.45, 2.75) is 46.3 Å². The monoisotopic (exact) mass is 287 g/mol. The molecule has 114 valence electrons. The molecule has 0 saturated carbocycles. The highest BCUT2D eigenvalue weighted by Crippen LogP contribution is 2.17. The zero-order valence-electron chi connectivity index (χ0n) is 13.6. The van der Waals surface area contributed by atoms with Crippen molar-refractivity contribution in [3.8, 4) is 0 Å². The number of aryl methyl sites for hydroxylation is 1. The maximum absolute atomic E-state index is 5.63. The Morgan fingerprint density at radius 1 is 1.24 bits per heavy atom. The van der Waals surface area contributed by atoms with Gasteiger partial charge in [0.2, 0.25) is 0 Å². The van der Waals surface area contributed by atoms with Gasteiger partial charge in [0.1, 0.15) is 11.5 Å². The number of aromatic nitrogens is 1. The summed E-state index contributed by atoms with van der Waals surface area (Å²) in [6.07, 6.45) is 1.86. The molecule has 21 heavy (non-hydrogen) atoms. The summed E-state index contributed by atoms with van der Waals surface area (Å²) in [5, 5.41) is 3.46. The number of anilines is 1. The average molecular weight is 287 g/mol. The van der Waals surface area contributed by atoms with E-state index in [-0.39, 0.29) is 5.54 Å². The third kappa shape index (κ3) is 4.90. The number of nitrogens with one attached hydrogen (secondary N) is 1. The highest BCUT2D eigenvalue weighted by Gasteiger charge is 2.10. The van der Waals surface area contributed by atoms with Crippen molar-refractivity contribution in [1.29, 1.82) is 0 Å². The summed E-state index contributed by atoms with van der Waals surface area (Å²) in [6, 6.07) is 8.16. The Hall–Kier alpha value is -1.81.